The van der Waals surface area contributed by atoms with Crippen LogP contribution in [0.1, 0.15) is 48.9 Å². The number of aromatic nitrogens is 2. The molecule has 0 radical (unpaired) electrons. The first-order chi connectivity index (χ1) is 14.4. The third-order valence-electron chi connectivity index (χ3n) is 7.24. The Morgan fingerprint density at radius 2 is 1.90 bits per heavy atom. The molecule has 4 saturated carbocycles. The van der Waals surface area contributed by atoms with E-state index >= 15 is 0 Å². The maximum Gasteiger partial charge on any atom is 0.410 e. The van der Waals surface area contributed by atoms with Crippen molar-refractivity contribution in [3.05, 3.63) is 18.0 Å². The summed E-state index contributed by atoms with van der Waals surface area (Å²) in [6.45, 7) is 1.14. The first kappa shape index (κ1) is 19.5. The average molecular weight is 416 g/mol. The van der Waals surface area contributed by atoms with Crippen LogP contribution >= 0.6 is 0 Å². The Morgan fingerprint density at radius 3 is 2.53 bits per heavy atom. The number of nitrogens with one attached hydrogen (secondary N) is 1. The lowest BCUT2D eigenvalue weighted by atomic mass is 9.53. The molecule has 4 bridgehead atoms. The standard InChI is InChI=1S/C21H28N4O5/c1-29-18(26)15-9-22-19(23-10-15)24-16-2-3-25(11-16)20(27)30-17-13-4-12-5-14(17)8-21(28,6-12)7-13/h9-10,12-14,16-17,28H,2-8,11H2,1H3,(H,22,23,24)/t12?,13-,14?,16+,17-,21-/m0/s1. The van der Waals surface area contributed by atoms with E-state index in [4.69, 9.17) is 4.74 Å². The molecule has 6 rings (SSSR count). The molecule has 1 amide bonds. The number of methoxy groups -OCH3 is 1. The molecular formula is C21H28N4O5. The molecule has 0 spiro atoms. The quantitative estimate of drug-likeness (QED) is 0.715. The lowest BCUT2D eigenvalue weighted by molar-refractivity contribution is -0.177. The number of rotatable bonds is 4. The van der Waals surface area contributed by atoms with Gasteiger partial charge >= 0.3 is 12.1 Å². The van der Waals surface area contributed by atoms with Gasteiger partial charge in [-0.3, -0.25) is 0 Å². The minimum atomic E-state index is -0.522. The zero-order valence-electron chi connectivity index (χ0n) is 17.1. The molecule has 5 aliphatic rings. The summed E-state index contributed by atoms with van der Waals surface area (Å²) in [5, 5.41) is 13.9. The summed E-state index contributed by atoms with van der Waals surface area (Å²) >= 11 is 0. The summed E-state index contributed by atoms with van der Waals surface area (Å²) in [6, 6.07) is 0.0285. The minimum Gasteiger partial charge on any atom is -0.465 e. The lowest BCUT2D eigenvalue weighted by Crippen LogP contribution is -2.58. The van der Waals surface area contributed by atoms with Crippen molar-refractivity contribution in [1.82, 2.24) is 14.9 Å². The normalized spacial score (nSPS) is 36.6. The molecule has 162 valence electrons. The van der Waals surface area contributed by atoms with E-state index in [9.17, 15) is 14.7 Å². The fraction of sp³-hybridized carbons (Fsp3) is 0.714. The largest absolute Gasteiger partial charge is 0.465 e. The van der Waals surface area contributed by atoms with E-state index < -0.39 is 11.6 Å². The van der Waals surface area contributed by atoms with E-state index in [1.54, 1.807) is 4.90 Å². The number of likely N-dealkylation sites (tertiary alicyclic amines) is 1. The number of anilines is 1. The molecular weight excluding hydrogens is 388 g/mol. The third kappa shape index (κ3) is 3.59. The highest BCUT2D eigenvalue weighted by molar-refractivity contribution is 5.88. The second-order valence-electron chi connectivity index (χ2n) is 9.41. The number of carbonyl (C=O) groups is 2. The van der Waals surface area contributed by atoms with E-state index in [2.05, 4.69) is 20.0 Å². The van der Waals surface area contributed by atoms with Crippen LogP contribution in [0.4, 0.5) is 10.7 Å². The molecule has 1 aromatic heterocycles. The summed E-state index contributed by atoms with van der Waals surface area (Å²) in [5.41, 5.74) is -0.231. The maximum atomic E-state index is 12.8. The summed E-state index contributed by atoms with van der Waals surface area (Å²) in [5.74, 6) is 1.12. The van der Waals surface area contributed by atoms with Crippen LogP contribution in [-0.4, -0.2) is 70.0 Å². The van der Waals surface area contributed by atoms with Crippen LogP contribution in [0.2, 0.25) is 0 Å². The predicted molar refractivity (Wildman–Crippen MR) is 106 cm³/mol. The highest BCUT2D eigenvalue weighted by atomic mass is 16.6. The van der Waals surface area contributed by atoms with Gasteiger partial charge in [-0.2, -0.15) is 0 Å². The molecule has 2 heterocycles. The summed E-state index contributed by atoms with van der Waals surface area (Å²) < 4.78 is 10.6. The maximum absolute atomic E-state index is 12.8. The van der Waals surface area contributed by atoms with E-state index in [0.717, 1.165) is 38.5 Å². The van der Waals surface area contributed by atoms with E-state index in [0.29, 0.717) is 42.4 Å². The minimum absolute atomic E-state index is 0.0285. The molecule has 2 N–H and O–H groups in total. The summed E-state index contributed by atoms with van der Waals surface area (Å²) in [7, 11) is 1.31. The van der Waals surface area contributed by atoms with Crippen molar-refractivity contribution in [2.75, 3.05) is 25.5 Å². The molecule has 1 aromatic rings. The van der Waals surface area contributed by atoms with Crippen molar-refractivity contribution in [1.29, 1.82) is 0 Å². The van der Waals surface area contributed by atoms with Gasteiger partial charge in [-0.1, -0.05) is 0 Å². The van der Waals surface area contributed by atoms with Crippen LogP contribution in [0.25, 0.3) is 0 Å². The molecule has 9 heteroatoms. The highest BCUT2D eigenvalue weighted by Crippen LogP contribution is 2.56. The van der Waals surface area contributed by atoms with Crippen molar-refractivity contribution in [3.63, 3.8) is 0 Å². The topological polar surface area (TPSA) is 114 Å². The van der Waals surface area contributed by atoms with E-state index in [1.165, 1.54) is 19.5 Å². The summed E-state index contributed by atoms with van der Waals surface area (Å²) in [6.07, 6.45) is 7.88. The molecule has 2 unspecified atom stereocenters. The number of carbonyl (C=O) groups excluding carboxylic acids is 2. The Kier molecular flexibility index (Phi) is 4.80. The van der Waals surface area contributed by atoms with Gasteiger partial charge in [0.05, 0.1) is 18.3 Å². The number of ether oxygens (including phenoxy) is 2. The number of aliphatic hydroxyl groups is 1. The van der Waals surface area contributed by atoms with Crippen molar-refractivity contribution in [2.45, 2.75) is 56.3 Å². The molecule has 1 saturated heterocycles. The van der Waals surface area contributed by atoms with Crippen LogP contribution in [0, 0.1) is 17.8 Å². The molecule has 1 aliphatic heterocycles. The lowest BCUT2D eigenvalue weighted by Gasteiger charge is -2.57. The first-order valence-electron chi connectivity index (χ1n) is 10.8. The second-order valence-corrected chi connectivity index (χ2v) is 9.41. The fourth-order valence-electron chi connectivity index (χ4n) is 6.17. The Balaban J connectivity index is 1.15. The molecule has 0 aromatic carbocycles. The van der Waals surface area contributed by atoms with Gasteiger partial charge in [0.2, 0.25) is 5.95 Å². The van der Waals surface area contributed by atoms with Gasteiger partial charge in [0.25, 0.3) is 0 Å². The Labute approximate surface area is 175 Å². The van der Waals surface area contributed by atoms with Crippen LogP contribution in [0.5, 0.6) is 0 Å². The molecule has 6 atom stereocenters. The Hall–Kier alpha value is -2.42. The zero-order valence-corrected chi connectivity index (χ0v) is 17.1. The van der Waals surface area contributed by atoms with Crippen molar-refractivity contribution in [3.8, 4) is 0 Å². The van der Waals surface area contributed by atoms with Gasteiger partial charge in [-0.15, -0.1) is 0 Å². The zero-order chi connectivity index (χ0) is 20.9. The van der Waals surface area contributed by atoms with Crippen molar-refractivity contribution in [2.24, 2.45) is 17.8 Å². The van der Waals surface area contributed by atoms with Gasteiger partial charge < -0.3 is 24.8 Å². The number of esters is 1. The van der Waals surface area contributed by atoms with Crippen LogP contribution in [-0.2, 0) is 9.47 Å². The number of amides is 1. The SMILES string of the molecule is COC(=O)c1cnc(N[C@@H]2CCN(C(=O)O[C@@H]3C4CC5C[C@H]3C[C@@](O)(C5)C4)C2)nc1. The highest BCUT2D eigenvalue weighted by Gasteiger charge is 2.56. The second kappa shape index (κ2) is 7.37. The Morgan fingerprint density at radius 1 is 1.20 bits per heavy atom. The average Bonchev–Trinajstić information content (AvgIpc) is 3.18. The van der Waals surface area contributed by atoms with Crippen molar-refractivity contribution < 1.29 is 24.2 Å². The number of nitrogens with zero attached hydrogens (tertiary/aromatic N) is 3. The molecule has 30 heavy (non-hydrogen) atoms. The smallest absolute Gasteiger partial charge is 0.410 e. The van der Waals surface area contributed by atoms with Gasteiger partial charge in [-0.05, 0) is 56.3 Å². The summed E-state index contributed by atoms with van der Waals surface area (Å²) in [4.78, 5) is 34.3. The van der Waals surface area contributed by atoms with E-state index in [1.807, 2.05) is 0 Å². The van der Waals surface area contributed by atoms with Gasteiger partial charge in [-0.25, -0.2) is 19.6 Å². The monoisotopic (exact) mass is 416 g/mol. The van der Waals surface area contributed by atoms with Gasteiger partial charge in [0.1, 0.15) is 6.10 Å². The van der Waals surface area contributed by atoms with Crippen molar-refractivity contribution >= 4 is 18.0 Å². The van der Waals surface area contributed by atoms with Crippen LogP contribution in [0.3, 0.4) is 0 Å². The van der Waals surface area contributed by atoms with Gasteiger partial charge in [0, 0.05) is 31.5 Å². The van der Waals surface area contributed by atoms with E-state index in [-0.39, 0.29) is 18.2 Å². The van der Waals surface area contributed by atoms with Crippen LogP contribution < -0.4 is 5.32 Å². The fourth-order valence-corrected chi connectivity index (χ4v) is 6.17. The predicted octanol–water partition coefficient (Wildman–Crippen LogP) is 1.83. The number of hydrogen-bond donors (Lipinski definition) is 2. The Bertz CT molecular complexity index is 815. The first-order valence-corrected chi connectivity index (χ1v) is 10.8. The molecule has 4 aliphatic carbocycles. The van der Waals surface area contributed by atoms with Gasteiger partial charge in [0.15, 0.2) is 0 Å². The third-order valence-corrected chi connectivity index (χ3v) is 7.24. The van der Waals surface area contributed by atoms with Crippen LogP contribution in [0.15, 0.2) is 12.4 Å². The number of hydrogen-bond acceptors (Lipinski definition) is 8. The molecule has 5 fully saturated rings. The molecule has 9 nitrogen and oxygen atoms in total.